The minimum atomic E-state index is 0.0956. The van der Waals surface area contributed by atoms with Crippen molar-refractivity contribution in [3.05, 3.63) is 28.2 Å². The van der Waals surface area contributed by atoms with Gasteiger partial charge in [-0.15, -0.1) is 11.8 Å². The summed E-state index contributed by atoms with van der Waals surface area (Å²) in [5.41, 5.74) is 7.09. The fraction of sp³-hybridized carbons (Fsp3) is 0.571. The zero-order chi connectivity index (χ0) is 12.3. The Kier molecular flexibility index (Phi) is 4.95. The molecule has 0 radical (unpaired) electrons. The molecule has 1 aromatic carbocycles. The van der Waals surface area contributed by atoms with Crippen molar-refractivity contribution in [3.63, 3.8) is 0 Å². The maximum Gasteiger partial charge on any atom is 0.0277 e. The van der Waals surface area contributed by atoms with Crippen LogP contribution in [0.4, 0.5) is 0 Å². The number of nitrogens with two attached hydrogens (primary N) is 1. The third-order valence-electron chi connectivity index (χ3n) is 3.42. The van der Waals surface area contributed by atoms with E-state index >= 15 is 0 Å². The van der Waals surface area contributed by atoms with Gasteiger partial charge in [0.25, 0.3) is 0 Å². The largest absolute Gasteiger partial charge is 0.324 e. The van der Waals surface area contributed by atoms with Crippen LogP contribution in [0.25, 0.3) is 0 Å². The highest BCUT2D eigenvalue weighted by molar-refractivity contribution is 9.10. The first-order valence-corrected chi connectivity index (χ1v) is 8.12. The quantitative estimate of drug-likeness (QED) is 0.812. The lowest BCUT2D eigenvalue weighted by Crippen LogP contribution is -2.05. The molecular formula is C14H20BrNS. The predicted molar refractivity (Wildman–Crippen MR) is 79.4 cm³/mol. The van der Waals surface area contributed by atoms with Crippen LogP contribution in [-0.4, -0.2) is 5.75 Å². The second-order valence-corrected chi connectivity index (χ2v) is 6.88. The van der Waals surface area contributed by atoms with Crippen LogP contribution >= 0.6 is 27.7 Å². The van der Waals surface area contributed by atoms with E-state index in [-0.39, 0.29) is 6.04 Å². The lowest BCUT2D eigenvalue weighted by Gasteiger charge is -2.12. The molecule has 1 aromatic rings. The molecule has 17 heavy (non-hydrogen) atoms. The molecule has 0 heterocycles. The highest BCUT2D eigenvalue weighted by atomic mass is 79.9. The zero-order valence-electron chi connectivity index (χ0n) is 10.3. The summed E-state index contributed by atoms with van der Waals surface area (Å²) in [6.07, 6.45) is 5.70. The van der Waals surface area contributed by atoms with E-state index in [0.717, 1.165) is 10.4 Å². The van der Waals surface area contributed by atoms with Gasteiger partial charge in [0.15, 0.2) is 0 Å². The molecule has 0 saturated heterocycles. The van der Waals surface area contributed by atoms with Gasteiger partial charge in [-0.2, -0.15) is 0 Å². The van der Waals surface area contributed by atoms with Gasteiger partial charge in [-0.3, -0.25) is 0 Å². The fourth-order valence-electron chi connectivity index (χ4n) is 2.36. The standard InChI is InChI=1S/C14H20BrNS/c1-10(16)13-7-6-12(8-14(13)15)17-9-11-4-2-3-5-11/h6-8,10-11H,2-5,9,16H2,1H3/t10-/m0/s1. The Morgan fingerprint density at radius 3 is 2.71 bits per heavy atom. The van der Waals surface area contributed by atoms with Crippen LogP contribution in [-0.2, 0) is 0 Å². The van der Waals surface area contributed by atoms with Crippen molar-refractivity contribution in [1.82, 2.24) is 0 Å². The van der Waals surface area contributed by atoms with E-state index in [4.69, 9.17) is 5.73 Å². The van der Waals surface area contributed by atoms with Crippen molar-refractivity contribution in [2.24, 2.45) is 11.7 Å². The van der Waals surface area contributed by atoms with Gasteiger partial charge in [-0.05, 0) is 43.4 Å². The number of benzene rings is 1. The molecular weight excluding hydrogens is 294 g/mol. The van der Waals surface area contributed by atoms with Gasteiger partial charge in [0.05, 0.1) is 0 Å². The highest BCUT2D eigenvalue weighted by Crippen LogP contribution is 2.33. The predicted octanol–water partition coefficient (Wildman–Crippen LogP) is 4.75. The summed E-state index contributed by atoms with van der Waals surface area (Å²) in [6.45, 7) is 2.02. The Balaban J connectivity index is 1.94. The van der Waals surface area contributed by atoms with E-state index in [1.165, 1.54) is 41.9 Å². The SMILES string of the molecule is C[C@H](N)c1ccc(SCC2CCCC2)cc1Br. The third kappa shape index (κ3) is 3.73. The lowest BCUT2D eigenvalue weighted by molar-refractivity contribution is 0.623. The van der Waals surface area contributed by atoms with Crippen molar-refractivity contribution >= 4 is 27.7 Å². The van der Waals surface area contributed by atoms with Crippen molar-refractivity contribution < 1.29 is 0 Å². The van der Waals surface area contributed by atoms with Gasteiger partial charge in [0, 0.05) is 21.2 Å². The Bertz CT molecular complexity index is 372. The lowest BCUT2D eigenvalue weighted by atomic mass is 10.1. The molecule has 1 atom stereocenters. The Morgan fingerprint density at radius 1 is 1.41 bits per heavy atom. The van der Waals surface area contributed by atoms with Crippen molar-refractivity contribution in [1.29, 1.82) is 0 Å². The molecule has 2 N–H and O–H groups in total. The molecule has 3 heteroatoms. The molecule has 1 aliphatic carbocycles. The zero-order valence-corrected chi connectivity index (χ0v) is 12.7. The average molecular weight is 314 g/mol. The summed E-state index contributed by atoms with van der Waals surface area (Å²) in [6, 6.07) is 6.64. The molecule has 0 spiro atoms. The minimum Gasteiger partial charge on any atom is -0.324 e. The third-order valence-corrected chi connectivity index (χ3v) is 5.34. The maximum absolute atomic E-state index is 5.90. The van der Waals surface area contributed by atoms with Gasteiger partial charge in [0.1, 0.15) is 0 Å². The van der Waals surface area contributed by atoms with Crippen LogP contribution in [0.5, 0.6) is 0 Å². The molecule has 0 bridgehead atoms. The smallest absolute Gasteiger partial charge is 0.0277 e. The number of rotatable bonds is 4. The Hall–Kier alpha value is 0.01000. The second kappa shape index (κ2) is 6.26. The highest BCUT2D eigenvalue weighted by Gasteiger charge is 2.15. The van der Waals surface area contributed by atoms with Crippen molar-refractivity contribution in [2.75, 3.05) is 5.75 Å². The molecule has 0 amide bonds. The minimum absolute atomic E-state index is 0.0956. The number of halogens is 1. The van der Waals surface area contributed by atoms with Crippen molar-refractivity contribution in [3.8, 4) is 0 Å². The maximum atomic E-state index is 5.90. The monoisotopic (exact) mass is 313 g/mol. The summed E-state index contributed by atoms with van der Waals surface area (Å²) in [7, 11) is 0. The van der Waals surface area contributed by atoms with E-state index in [1.54, 1.807) is 0 Å². The van der Waals surface area contributed by atoms with Crippen LogP contribution in [0.1, 0.15) is 44.2 Å². The number of hydrogen-bond acceptors (Lipinski definition) is 2. The first-order chi connectivity index (χ1) is 8.16. The molecule has 1 fully saturated rings. The first kappa shape index (κ1) is 13.4. The summed E-state index contributed by atoms with van der Waals surface area (Å²) in [5.74, 6) is 2.20. The van der Waals surface area contributed by atoms with Gasteiger partial charge < -0.3 is 5.73 Å². The molecule has 0 aromatic heterocycles. The second-order valence-electron chi connectivity index (χ2n) is 4.93. The van der Waals surface area contributed by atoms with E-state index in [0.29, 0.717) is 0 Å². The van der Waals surface area contributed by atoms with E-state index in [2.05, 4.69) is 34.1 Å². The van der Waals surface area contributed by atoms with Crippen LogP contribution < -0.4 is 5.73 Å². The summed E-state index contributed by atoms with van der Waals surface area (Å²) >= 11 is 5.59. The van der Waals surface area contributed by atoms with Crippen molar-refractivity contribution in [2.45, 2.75) is 43.5 Å². The van der Waals surface area contributed by atoms with E-state index < -0.39 is 0 Å². The topological polar surface area (TPSA) is 26.0 Å². The summed E-state index contributed by atoms with van der Waals surface area (Å²) in [5, 5.41) is 0. The average Bonchev–Trinajstić information content (AvgIpc) is 2.78. The van der Waals surface area contributed by atoms with E-state index in [1.807, 2.05) is 18.7 Å². The number of hydrogen-bond donors (Lipinski definition) is 1. The molecule has 94 valence electrons. The van der Waals surface area contributed by atoms with Gasteiger partial charge in [0.2, 0.25) is 0 Å². The van der Waals surface area contributed by atoms with E-state index in [9.17, 15) is 0 Å². The Morgan fingerprint density at radius 2 is 2.12 bits per heavy atom. The van der Waals surface area contributed by atoms with Gasteiger partial charge in [-0.1, -0.05) is 34.8 Å². The first-order valence-electron chi connectivity index (χ1n) is 6.34. The molecule has 2 rings (SSSR count). The fourth-order valence-corrected chi connectivity index (χ4v) is 4.38. The number of thioether (sulfide) groups is 1. The summed E-state index contributed by atoms with van der Waals surface area (Å²) < 4.78 is 1.14. The van der Waals surface area contributed by atoms with Gasteiger partial charge in [-0.25, -0.2) is 0 Å². The Labute approximate surface area is 117 Å². The molecule has 1 aliphatic rings. The van der Waals surface area contributed by atoms with Crippen LogP contribution in [0.2, 0.25) is 0 Å². The van der Waals surface area contributed by atoms with Crippen LogP contribution in [0.3, 0.4) is 0 Å². The molecule has 0 aliphatic heterocycles. The van der Waals surface area contributed by atoms with Crippen LogP contribution in [0.15, 0.2) is 27.6 Å². The molecule has 0 unspecified atom stereocenters. The molecule has 1 nitrogen and oxygen atoms in total. The van der Waals surface area contributed by atoms with Crippen LogP contribution in [0, 0.1) is 5.92 Å². The normalized spacial score (nSPS) is 18.5. The molecule has 1 saturated carbocycles. The summed E-state index contributed by atoms with van der Waals surface area (Å²) in [4.78, 5) is 1.35. The van der Waals surface area contributed by atoms with Gasteiger partial charge >= 0.3 is 0 Å².